The first-order chi connectivity index (χ1) is 14.0. The third-order valence-electron chi connectivity index (χ3n) is 4.70. The fraction of sp³-hybridized carbons (Fsp3) is 0.167. The molecule has 0 aromatic heterocycles. The van der Waals surface area contributed by atoms with Gasteiger partial charge in [-0.05, 0) is 49.2 Å². The van der Waals surface area contributed by atoms with Gasteiger partial charge in [0.25, 0.3) is 5.91 Å². The van der Waals surface area contributed by atoms with E-state index in [1.54, 1.807) is 24.3 Å². The largest absolute Gasteiger partial charge is 0.324 e. The number of carbonyl (C=O) groups excluding carboxylic acids is 2. The van der Waals surface area contributed by atoms with Crippen LogP contribution in [0.1, 0.15) is 34.5 Å². The number of hydrogen-bond donors (Lipinski definition) is 3. The van der Waals surface area contributed by atoms with E-state index in [1.807, 2.05) is 55.5 Å². The molecule has 3 rings (SSSR count). The molecule has 5 heteroatoms. The number of carbonyl (C=O) groups is 2. The summed E-state index contributed by atoms with van der Waals surface area (Å²) in [7, 11) is 0. The van der Waals surface area contributed by atoms with Crippen LogP contribution < -0.4 is 16.0 Å². The SMILES string of the molecule is Cc1ccccc1[C@@H](C)NCC(=O)Nc1ccccc1C(=O)Nc1ccccc1. The first kappa shape index (κ1) is 20.3. The standard InChI is InChI=1S/C24H25N3O2/c1-17-10-6-7-13-20(17)18(2)25-16-23(28)27-22-15-9-8-14-21(22)24(29)26-19-11-4-3-5-12-19/h3-15,18,25H,16H2,1-2H3,(H,26,29)(H,27,28)/t18-/m1/s1. The summed E-state index contributed by atoms with van der Waals surface area (Å²) in [5, 5.41) is 8.92. The lowest BCUT2D eigenvalue weighted by molar-refractivity contribution is -0.115. The number of anilines is 2. The van der Waals surface area contributed by atoms with Crippen LogP contribution in [0.3, 0.4) is 0 Å². The van der Waals surface area contributed by atoms with Crippen molar-refractivity contribution in [2.24, 2.45) is 0 Å². The zero-order valence-electron chi connectivity index (χ0n) is 16.6. The molecule has 3 aromatic carbocycles. The van der Waals surface area contributed by atoms with Crippen molar-refractivity contribution in [3.63, 3.8) is 0 Å². The molecule has 3 N–H and O–H groups in total. The van der Waals surface area contributed by atoms with Gasteiger partial charge < -0.3 is 16.0 Å². The number of para-hydroxylation sites is 2. The van der Waals surface area contributed by atoms with Gasteiger partial charge in [0.2, 0.25) is 5.91 Å². The van der Waals surface area contributed by atoms with Crippen LogP contribution in [0.15, 0.2) is 78.9 Å². The Labute approximate surface area is 171 Å². The Kier molecular flexibility index (Phi) is 6.76. The summed E-state index contributed by atoms with van der Waals surface area (Å²) >= 11 is 0. The van der Waals surface area contributed by atoms with E-state index < -0.39 is 0 Å². The fourth-order valence-electron chi connectivity index (χ4n) is 3.13. The minimum absolute atomic E-state index is 0.0403. The number of nitrogens with one attached hydrogen (secondary N) is 3. The van der Waals surface area contributed by atoms with Crippen molar-refractivity contribution < 1.29 is 9.59 Å². The van der Waals surface area contributed by atoms with Gasteiger partial charge in [-0.3, -0.25) is 9.59 Å². The van der Waals surface area contributed by atoms with E-state index in [2.05, 4.69) is 28.9 Å². The van der Waals surface area contributed by atoms with Gasteiger partial charge >= 0.3 is 0 Å². The first-order valence-electron chi connectivity index (χ1n) is 9.59. The Balaban J connectivity index is 1.62. The highest BCUT2D eigenvalue weighted by molar-refractivity contribution is 6.10. The second-order valence-corrected chi connectivity index (χ2v) is 6.87. The minimum atomic E-state index is -0.270. The van der Waals surface area contributed by atoms with E-state index in [4.69, 9.17) is 0 Å². The number of hydrogen-bond acceptors (Lipinski definition) is 3. The van der Waals surface area contributed by atoms with Crippen molar-refractivity contribution in [3.05, 3.63) is 95.6 Å². The van der Waals surface area contributed by atoms with Crippen LogP contribution in [0.4, 0.5) is 11.4 Å². The molecule has 0 aliphatic rings. The summed E-state index contributed by atoms with van der Waals surface area (Å²) in [6.45, 7) is 4.22. The number of amides is 2. The molecule has 0 spiro atoms. The third-order valence-corrected chi connectivity index (χ3v) is 4.70. The number of rotatable bonds is 7. The molecule has 0 fully saturated rings. The lowest BCUT2D eigenvalue weighted by atomic mass is 10.0. The summed E-state index contributed by atoms with van der Waals surface area (Å²) in [6.07, 6.45) is 0. The molecule has 0 radical (unpaired) electrons. The van der Waals surface area contributed by atoms with Crippen LogP contribution >= 0.6 is 0 Å². The summed E-state index contributed by atoms with van der Waals surface area (Å²) in [5.74, 6) is -0.473. The van der Waals surface area contributed by atoms with E-state index in [0.717, 1.165) is 5.56 Å². The Morgan fingerprint density at radius 2 is 1.48 bits per heavy atom. The Morgan fingerprint density at radius 3 is 2.24 bits per heavy atom. The minimum Gasteiger partial charge on any atom is -0.324 e. The summed E-state index contributed by atoms with van der Waals surface area (Å²) in [4.78, 5) is 25.1. The zero-order valence-corrected chi connectivity index (χ0v) is 16.6. The van der Waals surface area contributed by atoms with E-state index in [9.17, 15) is 9.59 Å². The van der Waals surface area contributed by atoms with Crippen LogP contribution in [0.25, 0.3) is 0 Å². The van der Waals surface area contributed by atoms with E-state index in [0.29, 0.717) is 16.9 Å². The summed E-state index contributed by atoms with van der Waals surface area (Å²) < 4.78 is 0. The lowest BCUT2D eigenvalue weighted by Gasteiger charge is -2.17. The van der Waals surface area contributed by atoms with Gasteiger partial charge in [0.1, 0.15) is 0 Å². The van der Waals surface area contributed by atoms with Crippen LogP contribution in [-0.2, 0) is 4.79 Å². The van der Waals surface area contributed by atoms with Crippen molar-refractivity contribution in [2.45, 2.75) is 19.9 Å². The normalized spacial score (nSPS) is 11.5. The molecule has 148 valence electrons. The van der Waals surface area contributed by atoms with E-state index >= 15 is 0 Å². The molecule has 3 aromatic rings. The predicted molar refractivity (Wildman–Crippen MR) is 117 cm³/mol. The van der Waals surface area contributed by atoms with Crippen molar-refractivity contribution >= 4 is 23.2 Å². The Bertz CT molecular complexity index is 986. The average Bonchev–Trinajstić information content (AvgIpc) is 2.73. The van der Waals surface area contributed by atoms with Gasteiger partial charge in [-0.15, -0.1) is 0 Å². The molecular weight excluding hydrogens is 362 g/mol. The molecule has 0 bridgehead atoms. The second-order valence-electron chi connectivity index (χ2n) is 6.87. The van der Waals surface area contributed by atoms with Gasteiger partial charge in [0, 0.05) is 11.7 Å². The topological polar surface area (TPSA) is 70.2 Å². The monoisotopic (exact) mass is 387 g/mol. The van der Waals surface area contributed by atoms with E-state index in [-0.39, 0.29) is 24.4 Å². The molecule has 1 atom stereocenters. The van der Waals surface area contributed by atoms with Gasteiger partial charge in [0.15, 0.2) is 0 Å². The number of aryl methyl sites for hydroxylation is 1. The van der Waals surface area contributed by atoms with Crippen LogP contribution in [0.5, 0.6) is 0 Å². The highest BCUT2D eigenvalue weighted by Crippen LogP contribution is 2.18. The quantitative estimate of drug-likeness (QED) is 0.558. The van der Waals surface area contributed by atoms with Crippen molar-refractivity contribution in [1.82, 2.24) is 5.32 Å². The molecule has 0 heterocycles. The molecular formula is C24H25N3O2. The zero-order chi connectivity index (χ0) is 20.6. The molecule has 0 aliphatic heterocycles. The predicted octanol–water partition coefficient (Wildman–Crippen LogP) is 4.54. The van der Waals surface area contributed by atoms with Gasteiger partial charge in [-0.2, -0.15) is 0 Å². The third kappa shape index (κ3) is 5.53. The average molecular weight is 387 g/mol. The lowest BCUT2D eigenvalue weighted by Crippen LogP contribution is -2.31. The van der Waals surface area contributed by atoms with Crippen LogP contribution in [-0.4, -0.2) is 18.4 Å². The molecule has 0 unspecified atom stereocenters. The highest BCUT2D eigenvalue weighted by atomic mass is 16.2. The number of benzene rings is 3. The summed E-state index contributed by atoms with van der Waals surface area (Å²) in [5.41, 5.74) is 3.93. The van der Waals surface area contributed by atoms with Gasteiger partial charge in [-0.1, -0.05) is 54.6 Å². The maximum absolute atomic E-state index is 12.6. The van der Waals surface area contributed by atoms with Crippen molar-refractivity contribution in [2.75, 3.05) is 17.2 Å². The highest BCUT2D eigenvalue weighted by Gasteiger charge is 2.14. The first-order valence-corrected chi connectivity index (χ1v) is 9.59. The van der Waals surface area contributed by atoms with Crippen molar-refractivity contribution in [3.8, 4) is 0 Å². The van der Waals surface area contributed by atoms with Crippen LogP contribution in [0.2, 0.25) is 0 Å². The molecule has 5 nitrogen and oxygen atoms in total. The smallest absolute Gasteiger partial charge is 0.257 e. The van der Waals surface area contributed by atoms with Crippen LogP contribution in [0, 0.1) is 6.92 Å². The van der Waals surface area contributed by atoms with Gasteiger partial charge in [0.05, 0.1) is 17.8 Å². The van der Waals surface area contributed by atoms with E-state index in [1.165, 1.54) is 5.56 Å². The Morgan fingerprint density at radius 1 is 0.828 bits per heavy atom. The Hall–Kier alpha value is -3.44. The van der Waals surface area contributed by atoms with Gasteiger partial charge in [-0.25, -0.2) is 0 Å². The molecule has 2 amide bonds. The maximum Gasteiger partial charge on any atom is 0.257 e. The molecule has 0 saturated carbocycles. The second kappa shape index (κ2) is 9.66. The maximum atomic E-state index is 12.6. The van der Waals surface area contributed by atoms with Crippen molar-refractivity contribution in [1.29, 1.82) is 0 Å². The fourth-order valence-corrected chi connectivity index (χ4v) is 3.13. The summed E-state index contributed by atoms with van der Waals surface area (Å²) in [6, 6.07) is 24.3. The molecule has 0 saturated heterocycles. The molecule has 29 heavy (non-hydrogen) atoms. The molecule has 0 aliphatic carbocycles.